The molecule has 1 aromatic carbocycles. The molecule has 0 aliphatic heterocycles. The van der Waals surface area contributed by atoms with Crippen molar-refractivity contribution in [2.45, 2.75) is 43.7 Å². The first-order chi connectivity index (χ1) is 16.1. The van der Waals surface area contributed by atoms with Gasteiger partial charge in [0.25, 0.3) is 0 Å². The molecule has 0 amide bonds. The number of rotatable bonds is 13. The predicted molar refractivity (Wildman–Crippen MR) is 126 cm³/mol. The number of likely N-dealkylation sites (N-methyl/N-ethyl adjacent to an activating group) is 1. The summed E-state index contributed by atoms with van der Waals surface area (Å²) in [7, 11) is -2.35. The quantitative estimate of drug-likeness (QED) is 0.323. The van der Waals surface area contributed by atoms with Gasteiger partial charge in [-0.3, -0.25) is 4.90 Å². The maximum atomic E-state index is 12.8. The van der Waals surface area contributed by atoms with Gasteiger partial charge in [0.15, 0.2) is 0 Å². The van der Waals surface area contributed by atoms with E-state index in [0.717, 1.165) is 63.0 Å². The van der Waals surface area contributed by atoms with E-state index in [9.17, 15) is 21.6 Å². The maximum Gasteiger partial charge on any atom is 0.416 e. The number of aliphatic hydroxyl groups is 1. The summed E-state index contributed by atoms with van der Waals surface area (Å²) in [6.07, 6.45) is 3.25. The molecule has 194 valence electrons. The first kappa shape index (κ1) is 28.8. The Balaban J connectivity index is 1.72. The Kier molecular flexibility index (Phi) is 11.5. The van der Waals surface area contributed by atoms with Crippen molar-refractivity contribution in [2.75, 3.05) is 53.0 Å². The van der Waals surface area contributed by atoms with Gasteiger partial charge in [-0.25, -0.2) is 12.7 Å². The molecule has 0 bridgehead atoms. The van der Waals surface area contributed by atoms with Crippen molar-refractivity contribution in [3.05, 3.63) is 42.0 Å². The van der Waals surface area contributed by atoms with E-state index in [2.05, 4.69) is 11.8 Å². The summed E-state index contributed by atoms with van der Waals surface area (Å²) in [6, 6.07) is 3.64. The van der Waals surface area contributed by atoms with E-state index in [-0.39, 0.29) is 17.4 Å². The zero-order valence-corrected chi connectivity index (χ0v) is 20.8. The van der Waals surface area contributed by atoms with E-state index in [1.165, 1.54) is 11.4 Å². The summed E-state index contributed by atoms with van der Waals surface area (Å²) in [5.41, 5.74) is -0.866. The van der Waals surface area contributed by atoms with Gasteiger partial charge in [0.05, 0.1) is 23.7 Å². The van der Waals surface area contributed by atoms with Crippen LogP contribution in [0.4, 0.5) is 13.2 Å². The maximum absolute atomic E-state index is 12.8. The van der Waals surface area contributed by atoms with Crippen molar-refractivity contribution in [2.24, 2.45) is 11.8 Å². The van der Waals surface area contributed by atoms with Gasteiger partial charge in [0, 0.05) is 33.3 Å². The van der Waals surface area contributed by atoms with Crippen LogP contribution >= 0.6 is 0 Å². The molecule has 0 radical (unpaired) electrons. The molecule has 1 saturated carbocycles. The minimum atomic E-state index is -4.50. The lowest BCUT2D eigenvalue weighted by molar-refractivity contribution is -0.137. The number of alkyl halides is 3. The average Bonchev–Trinajstić information content (AvgIpc) is 2.81. The molecule has 0 unspecified atom stereocenters. The third-order valence-electron chi connectivity index (χ3n) is 6.33. The van der Waals surface area contributed by atoms with E-state index in [4.69, 9.17) is 9.84 Å². The van der Waals surface area contributed by atoms with Gasteiger partial charge in [0.2, 0.25) is 10.0 Å². The van der Waals surface area contributed by atoms with Crippen LogP contribution in [0.1, 0.15) is 38.2 Å². The van der Waals surface area contributed by atoms with E-state index >= 15 is 0 Å². The smallest absolute Gasteiger partial charge is 0.395 e. The minimum Gasteiger partial charge on any atom is -0.395 e. The third kappa shape index (κ3) is 8.96. The molecule has 1 aliphatic carbocycles. The highest BCUT2D eigenvalue weighted by atomic mass is 32.2. The summed E-state index contributed by atoms with van der Waals surface area (Å²) < 4.78 is 70.7. The summed E-state index contributed by atoms with van der Waals surface area (Å²) in [4.78, 5) is 2.00. The predicted octanol–water partition coefficient (Wildman–Crippen LogP) is 4.02. The molecule has 1 fully saturated rings. The van der Waals surface area contributed by atoms with Crippen molar-refractivity contribution in [3.63, 3.8) is 0 Å². The van der Waals surface area contributed by atoms with Crippen molar-refractivity contribution in [3.8, 4) is 0 Å². The molecule has 0 atom stereocenters. The summed E-state index contributed by atoms with van der Waals surface area (Å²) in [5, 5.41) is 8.99. The largest absolute Gasteiger partial charge is 0.416 e. The fourth-order valence-corrected chi connectivity index (χ4v) is 5.40. The molecule has 0 saturated heterocycles. The Hall–Kier alpha value is -1.46. The molecule has 1 N–H and O–H groups in total. The first-order valence-electron chi connectivity index (χ1n) is 11.8. The molecule has 10 heteroatoms. The fraction of sp³-hybridized carbons (Fsp3) is 0.667. The normalized spacial score (nSPS) is 20.0. The Morgan fingerprint density at radius 2 is 1.71 bits per heavy atom. The molecule has 0 spiro atoms. The van der Waals surface area contributed by atoms with Crippen molar-refractivity contribution in [1.29, 1.82) is 0 Å². The molecular weight excluding hydrogens is 469 g/mol. The zero-order chi connectivity index (χ0) is 25.2. The number of nitrogens with zero attached hydrogens (tertiary/aromatic N) is 2. The summed E-state index contributed by atoms with van der Waals surface area (Å²) in [6.45, 7) is 6.10. The molecule has 1 aliphatic rings. The van der Waals surface area contributed by atoms with E-state index in [1.54, 1.807) is 0 Å². The van der Waals surface area contributed by atoms with Crippen LogP contribution in [0, 0.1) is 11.8 Å². The van der Waals surface area contributed by atoms with E-state index in [1.807, 2.05) is 12.2 Å². The SMILES string of the molecule is CCN(C/C=C/COC[C@H]1CC[C@H](CN(C)S(=O)(=O)c2ccc(C(F)(F)F)cc2)CC1)CCO. The number of ether oxygens (including phenoxy) is 1. The van der Waals surface area contributed by atoms with Crippen molar-refractivity contribution < 1.29 is 31.4 Å². The van der Waals surface area contributed by atoms with Crippen LogP contribution in [0.3, 0.4) is 0 Å². The van der Waals surface area contributed by atoms with Gasteiger partial charge in [-0.15, -0.1) is 0 Å². The lowest BCUT2D eigenvalue weighted by atomic mass is 9.82. The second kappa shape index (κ2) is 13.6. The van der Waals surface area contributed by atoms with Crippen LogP contribution in [0.2, 0.25) is 0 Å². The number of hydrogen-bond donors (Lipinski definition) is 1. The van der Waals surface area contributed by atoms with Gasteiger partial charge in [-0.1, -0.05) is 19.1 Å². The number of sulfonamides is 1. The topological polar surface area (TPSA) is 70.1 Å². The number of benzene rings is 1. The highest BCUT2D eigenvalue weighted by Crippen LogP contribution is 2.32. The Bertz CT molecular complexity index is 852. The van der Waals surface area contributed by atoms with Crippen molar-refractivity contribution in [1.82, 2.24) is 9.21 Å². The molecule has 2 rings (SSSR count). The van der Waals surface area contributed by atoms with Gasteiger partial charge < -0.3 is 9.84 Å². The third-order valence-corrected chi connectivity index (χ3v) is 8.17. The Morgan fingerprint density at radius 1 is 1.09 bits per heavy atom. The second-order valence-electron chi connectivity index (χ2n) is 8.82. The van der Waals surface area contributed by atoms with Crippen LogP contribution < -0.4 is 0 Å². The van der Waals surface area contributed by atoms with Crippen LogP contribution in [0.5, 0.6) is 0 Å². The highest BCUT2D eigenvalue weighted by molar-refractivity contribution is 7.89. The fourth-order valence-electron chi connectivity index (χ4n) is 4.15. The average molecular weight is 507 g/mol. The Labute approximate surface area is 201 Å². The van der Waals surface area contributed by atoms with Crippen LogP contribution in [0.15, 0.2) is 41.3 Å². The summed E-state index contributed by atoms with van der Waals surface area (Å²) >= 11 is 0. The number of halogens is 3. The number of aliphatic hydroxyl groups excluding tert-OH is 1. The lowest BCUT2D eigenvalue weighted by Gasteiger charge is -2.30. The van der Waals surface area contributed by atoms with Gasteiger partial charge in [0.1, 0.15) is 0 Å². The molecule has 34 heavy (non-hydrogen) atoms. The van der Waals surface area contributed by atoms with Crippen molar-refractivity contribution >= 4 is 10.0 Å². The van der Waals surface area contributed by atoms with E-state index < -0.39 is 21.8 Å². The van der Waals surface area contributed by atoms with Gasteiger partial charge in [-0.2, -0.15) is 13.2 Å². The minimum absolute atomic E-state index is 0.128. The summed E-state index contributed by atoms with van der Waals surface area (Å²) in [5.74, 6) is 0.667. The molecule has 6 nitrogen and oxygen atoms in total. The molecule has 0 aromatic heterocycles. The molecule has 1 aromatic rings. The van der Waals surface area contributed by atoms with Gasteiger partial charge in [-0.05, 0) is 68.3 Å². The standard InChI is InChI=1S/C24H37F3N2O4S/c1-3-29(15-16-30)14-4-5-17-33-19-21-8-6-20(7-9-21)18-28(2)34(31,32)23-12-10-22(11-13-23)24(25,26)27/h4-5,10-13,20-21,30H,3,6-9,14-19H2,1-2H3/b5-4+/t20-,21-. The van der Waals surface area contributed by atoms with Crippen LogP contribution in [-0.4, -0.2) is 75.8 Å². The van der Waals surface area contributed by atoms with Crippen LogP contribution in [-0.2, 0) is 20.9 Å². The van der Waals surface area contributed by atoms with Gasteiger partial charge >= 0.3 is 6.18 Å². The molecule has 0 heterocycles. The first-order valence-corrected chi connectivity index (χ1v) is 13.2. The van der Waals surface area contributed by atoms with E-state index in [0.29, 0.717) is 32.2 Å². The molecular formula is C24H37F3N2O4S. The zero-order valence-electron chi connectivity index (χ0n) is 20.0. The Morgan fingerprint density at radius 3 is 2.26 bits per heavy atom. The second-order valence-corrected chi connectivity index (χ2v) is 10.9. The number of hydrogen-bond acceptors (Lipinski definition) is 5. The lowest BCUT2D eigenvalue weighted by Crippen LogP contribution is -2.34. The monoisotopic (exact) mass is 506 g/mol. The highest BCUT2D eigenvalue weighted by Gasteiger charge is 2.32. The van der Waals surface area contributed by atoms with Crippen LogP contribution in [0.25, 0.3) is 0 Å².